The van der Waals surface area contributed by atoms with Crippen LogP contribution < -0.4 is 5.32 Å². The highest BCUT2D eigenvalue weighted by Gasteiger charge is 2.32. The monoisotopic (exact) mass is 328 g/mol. The number of aryl methyl sites for hydroxylation is 2. The number of nitrogens with one attached hydrogen (secondary N) is 1. The predicted molar refractivity (Wildman–Crippen MR) is 73.3 cm³/mol. The van der Waals surface area contributed by atoms with Crippen molar-refractivity contribution in [2.45, 2.75) is 32.9 Å². The highest BCUT2D eigenvalue weighted by molar-refractivity contribution is 9.10. The zero-order chi connectivity index (χ0) is 14.2. The minimum Gasteiger partial charge on any atom is -0.343 e. The molecule has 6 nitrogen and oxygen atoms in total. The SMILES string of the molecule is CCC1NC(=O)CN(Cc2c(Br)c(C)nn2C)C1=O. The van der Waals surface area contributed by atoms with E-state index >= 15 is 0 Å². The fourth-order valence-corrected chi connectivity index (χ4v) is 2.68. The Morgan fingerprint density at radius 2 is 2.16 bits per heavy atom. The summed E-state index contributed by atoms with van der Waals surface area (Å²) in [6.45, 7) is 4.27. The van der Waals surface area contributed by atoms with Crippen LogP contribution in [-0.4, -0.2) is 39.1 Å². The average molecular weight is 329 g/mol. The van der Waals surface area contributed by atoms with Gasteiger partial charge in [0.05, 0.1) is 22.4 Å². The first-order valence-corrected chi connectivity index (χ1v) is 6.99. The molecule has 2 heterocycles. The highest BCUT2D eigenvalue weighted by atomic mass is 79.9. The van der Waals surface area contributed by atoms with Crippen molar-refractivity contribution in [3.63, 3.8) is 0 Å². The van der Waals surface area contributed by atoms with E-state index in [0.717, 1.165) is 15.9 Å². The largest absolute Gasteiger partial charge is 0.343 e. The van der Waals surface area contributed by atoms with Gasteiger partial charge >= 0.3 is 0 Å². The van der Waals surface area contributed by atoms with E-state index in [1.165, 1.54) is 0 Å². The molecule has 0 aliphatic carbocycles. The van der Waals surface area contributed by atoms with Gasteiger partial charge < -0.3 is 10.2 Å². The molecular formula is C12H17BrN4O2. The van der Waals surface area contributed by atoms with E-state index in [-0.39, 0.29) is 18.4 Å². The van der Waals surface area contributed by atoms with Gasteiger partial charge in [-0.05, 0) is 29.3 Å². The molecule has 1 fully saturated rings. The number of rotatable bonds is 3. The first kappa shape index (κ1) is 14.0. The molecule has 1 atom stereocenters. The third-order valence-electron chi connectivity index (χ3n) is 3.29. The average Bonchev–Trinajstić information content (AvgIpc) is 2.60. The van der Waals surface area contributed by atoms with Crippen LogP contribution in [0.1, 0.15) is 24.7 Å². The van der Waals surface area contributed by atoms with Crippen LogP contribution in [0.25, 0.3) is 0 Å². The number of amides is 2. The van der Waals surface area contributed by atoms with Gasteiger partial charge in [0.25, 0.3) is 0 Å². The van der Waals surface area contributed by atoms with Gasteiger partial charge in [0.1, 0.15) is 12.6 Å². The van der Waals surface area contributed by atoms with E-state index in [0.29, 0.717) is 13.0 Å². The molecule has 0 bridgehead atoms. The molecule has 1 aromatic heterocycles. The maximum Gasteiger partial charge on any atom is 0.245 e. The molecule has 1 N–H and O–H groups in total. The van der Waals surface area contributed by atoms with Gasteiger partial charge in [-0.15, -0.1) is 0 Å². The zero-order valence-corrected chi connectivity index (χ0v) is 12.8. The molecule has 0 spiro atoms. The lowest BCUT2D eigenvalue weighted by molar-refractivity contribution is -0.145. The molecule has 0 radical (unpaired) electrons. The first-order valence-electron chi connectivity index (χ1n) is 6.20. The van der Waals surface area contributed by atoms with Crippen molar-refractivity contribution in [3.8, 4) is 0 Å². The normalized spacial score (nSPS) is 19.8. The summed E-state index contributed by atoms with van der Waals surface area (Å²) in [5, 5.41) is 6.99. The minimum absolute atomic E-state index is 0.0344. The zero-order valence-electron chi connectivity index (χ0n) is 11.2. The fraction of sp³-hybridized carbons (Fsp3) is 0.583. The summed E-state index contributed by atoms with van der Waals surface area (Å²) < 4.78 is 2.63. The van der Waals surface area contributed by atoms with Crippen molar-refractivity contribution in [1.29, 1.82) is 0 Å². The molecule has 7 heteroatoms. The molecule has 0 saturated carbocycles. The summed E-state index contributed by atoms with van der Waals surface area (Å²) in [6.07, 6.45) is 0.604. The molecule has 1 aliphatic heterocycles. The second kappa shape index (κ2) is 5.32. The van der Waals surface area contributed by atoms with Crippen LogP contribution in [-0.2, 0) is 23.2 Å². The van der Waals surface area contributed by atoms with E-state index in [4.69, 9.17) is 0 Å². The Bertz CT molecular complexity index is 526. The van der Waals surface area contributed by atoms with E-state index < -0.39 is 6.04 Å². The Kier molecular flexibility index (Phi) is 3.93. The van der Waals surface area contributed by atoms with Crippen molar-refractivity contribution in [1.82, 2.24) is 20.0 Å². The van der Waals surface area contributed by atoms with Crippen LogP contribution >= 0.6 is 15.9 Å². The topological polar surface area (TPSA) is 67.2 Å². The number of nitrogens with zero attached hydrogens (tertiary/aromatic N) is 3. The minimum atomic E-state index is -0.408. The lowest BCUT2D eigenvalue weighted by Crippen LogP contribution is -2.57. The second-order valence-electron chi connectivity index (χ2n) is 4.69. The van der Waals surface area contributed by atoms with Gasteiger partial charge in [-0.1, -0.05) is 6.92 Å². The number of halogens is 1. The summed E-state index contributed by atoms with van der Waals surface area (Å²) in [4.78, 5) is 25.4. The van der Waals surface area contributed by atoms with Gasteiger partial charge in [0, 0.05) is 7.05 Å². The molecule has 1 saturated heterocycles. The van der Waals surface area contributed by atoms with Gasteiger partial charge in [0.2, 0.25) is 11.8 Å². The maximum atomic E-state index is 12.2. The summed E-state index contributed by atoms with van der Waals surface area (Å²) in [5.74, 6) is -0.144. The van der Waals surface area contributed by atoms with E-state index in [2.05, 4.69) is 26.3 Å². The molecule has 19 heavy (non-hydrogen) atoms. The Hall–Kier alpha value is -1.37. The van der Waals surface area contributed by atoms with Crippen molar-refractivity contribution >= 4 is 27.7 Å². The number of hydrogen-bond acceptors (Lipinski definition) is 3. The Morgan fingerprint density at radius 3 is 2.68 bits per heavy atom. The van der Waals surface area contributed by atoms with Crippen molar-refractivity contribution < 1.29 is 9.59 Å². The van der Waals surface area contributed by atoms with E-state index in [1.807, 2.05) is 20.9 Å². The standard InChI is InChI=1S/C12H17BrN4O2/c1-4-8-12(19)17(6-10(18)14-8)5-9-11(13)7(2)15-16(9)3/h8H,4-6H2,1-3H3,(H,14,18). The number of piperazine rings is 1. The molecule has 0 aromatic carbocycles. The van der Waals surface area contributed by atoms with Crippen molar-refractivity contribution in [2.24, 2.45) is 7.05 Å². The molecule has 104 valence electrons. The van der Waals surface area contributed by atoms with Crippen LogP contribution in [0.4, 0.5) is 0 Å². The number of carbonyl (C=O) groups excluding carboxylic acids is 2. The maximum absolute atomic E-state index is 12.2. The van der Waals surface area contributed by atoms with Crippen LogP contribution in [0, 0.1) is 6.92 Å². The Labute approximate surface area is 120 Å². The van der Waals surface area contributed by atoms with Crippen LogP contribution in [0.2, 0.25) is 0 Å². The Morgan fingerprint density at radius 1 is 1.47 bits per heavy atom. The Balaban J connectivity index is 2.22. The van der Waals surface area contributed by atoms with Gasteiger partial charge in [0.15, 0.2) is 0 Å². The molecular weight excluding hydrogens is 312 g/mol. The van der Waals surface area contributed by atoms with Gasteiger partial charge in [-0.2, -0.15) is 5.10 Å². The highest BCUT2D eigenvalue weighted by Crippen LogP contribution is 2.22. The predicted octanol–water partition coefficient (Wildman–Crippen LogP) is 0.728. The van der Waals surface area contributed by atoms with E-state index in [9.17, 15) is 9.59 Å². The summed E-state index contributed by atoms with van der Waals surface area (Å²) in [5.41, 5.74) is 1.77. The second-order valence-corrected chi connectivity index (χ2v) is 5.49. The molecule has 2 rings (SSSR count). The summed E-state index contributed by atoms with van der Waals surface area (Å²) in [6, 6.07) is -0.408. The molecule has 1 aromatic rings. The fourth-order valence-electron chi connectivity index (χ4n) is 2.22. The van der Waals surface area contributed by atoms with Crippen molar-refractivity contribution in [3.05, 3.63) is 15.9 Å². The van der Waals surface area contributed by atoms with Gasteiger partial charge in [-0.25, -0.2) is 0 Å². The number of aromatic nitrogens is 2. The third kappa shape index (κ3) is 2.65. The van der Waals surface area contributed by atoms with Crippen LogP contribution in [0.15, 0.2) is 4.47 Å². The number of carbonyl (C=O) groups is 2. The van der Waals surface area contributed by atoms with Crippen LogP contribution in [0.3, 0.4) is 0 Å². The number of hydrogen-bond donors (Lipinski definition) is 1. The van der Waals surface area contributed by atoms with Crippen LogP contribution in [0.5, 0.6) is 0 Å². The molecule has 1 unspecified atom stereocenters. The quantitative estimate of drug-likeness (QED) is 0.889. The third-order valence-corrected chi connectivity index (χ3v) is 4.32. The molecule has 1 aliphatic rings. The summed E-state index contributed by atoms with van der Waals surface area (Å²) >= 11 is 3.47. The van der Waals surface area contributed by atoms with Gasteiger partial charge in [-0.3, -0.25) is 14.3 Å². The van der Waals surface area contributed by atoms with E-state index in [1.54, 1.807) is 9.58 Å². The first-order chi connectivity index (χ1) is 8.93. The summed E-state index contributed by atoms with van der Waals surface area (Å²) in [7, 11) is 1.83. The lowest BCUT2D eigenvalue weighted by atomic mass is 10.1. The smallest absolute Gasteiger partial charge is 0.245 e. The molecule has 2 amide bonds. The van der Waals surface area contributed by atoms with Crippen molar-refractivity contribution in [2.75, 3.05) is 6.54 Å². The lowest BCUT2D eigenvalue weighted by Gasteiger charge is -2.32.